The van der Waals surface area contributed by atoms with E-state index in [0.29, 0.717) is 6.04 Å². The summed E-state index contributed by atoms with van der Waals surface area (Å²) in [7, 11) is 1.68. The Kier molecular flexibility index (Phi) is 5.00. The molecule has 3 heteroatoms. The summed E-state index contributed by atoms with van der Waals surface area (Å²) >= 11 is 3.56. The molecule has 0 aliphatic heterocycles. The monoisotopic (exact) mass is 319 g/mol. The van der Waals surface area contributed by atoms with Crippen LogP contribution in [0.4, 0.5) is 0 Å². The maximum Gasteiger partial charge on any atom is 0.118 e. The molecule has 0 unspecified atom stereocenters. The molecule has 0 amide bonds. The molecule has 1 N–H and O–H groups in total. The van der Waals surface area contributed by atoms with Crippen LogP contribution in [0.15, 0.2) is 53.0 Å². The highest BCUT2D eigenvalue weighted by Crippen LogP contribution is 2.19. The molecule has 0 aliphatic rings. The molecular weight excluding hydrogens is 302 g/mol. The van der Waals surface area contributed by atoms with Gasteiger partial charge in [-0.2, -0.15) is 0 Å². The zero-order chi connectivity index (χ0) is 13.7. The van der Waals surface area contributed by atoms with Gasteiger partial charge in [0.05, 0.1) is 7.11 Å². The summed E-state index contributed by atoms with van der Waals surface area (Å²) in [5.41, 5.74) is 2.52. The van der Waals surface area contributed by atoms with Crippen molar-refractivity contribution >= 4 is 15.9 Å². The van der Waals surface area contributed by atoms with E-state index in [-0.39, 0.29) is 0 Å². The van der Waals surface area contributed by atoms with E-state index in [2.05, 4.69) is 58.5 Å². The Balaban J connectivity index is 1.97. The largest absolute Gasteiger partial charge is 0.497 e. The Morgan fingerprint density at radius 3 is 2.42 bits per heavy atom. The van der Waals surface area contributed by atoms with Crippen LogP contribution in [0.25, 0.3) is 0 Å². The lowest BCUT2D eigenvalue weighted by Gasteiger charge is -2.15. The molecule has 2 aromatic rings. The van der Waals surface area contributed by atoms with Crippen LogP contribution >= 0.6 is 15.9 Å². The minimum atomic E-state index is 0.304. The van der Waals surface area contributed by atoms with Gasteiger partial charge >= 0.3 is 0 Å². The number of benzene rings is 2. The zero-order valence-corrected chi connectivity index (χ0v) is 12.8. The van der Waals surface area contributed by atoms with Gasteiger partial charge in [0.15, 0.2) is 0 Å². The summed E-state index contributed by atoms with van der Waals surface area (Å²) in [6.07, 6.45) is 0. The molecule has 0 fully saturated rings. The molecule has 0 aliphatic carbocycles. The van der Waals surface area contributed by atoms with Gasteiger partial charge < -0.3 is 10.1 Å². The van der Waals surface area contributed by atoms with E-state index < -0.39 is 0 Å². The number of ether oxygens (including phenoxy) is 1. The number of hydrogen-bond acceptors (Lipinski definition) is 2. The zero-order valence-electron chi connectivity index (χ0n) is 11.2. The van der Waals surface area contributed by atoms with Crippen LogP contribution in [0.3, 0.4) is 0 Å². The first-order valence-electron chi connectivity index (χ1n) is 6.31. The van der Waals surface area contributed by atoms with Crippen LogP contribution in [0, 0.1) is 0 Å². The first-order chi connectivity index (χ1) is 9.20. The van der Waals surface area contributed by atoms with E-state index in [1.54, 1.807) is 7.11 Å². The fourth-order valence-electron chi connectivity index (χ4n) is 1.92. The summed E-state index contributed by atoms with van der Waals surface area (Å²) in [5.74, 6) is 0.891. The summed E-state index contributed by atoms with van der Waals surface area (Å²) in [6, 6.07) is 16.7. The van der Waals surface area contributed by atoms with Gasteiger partial charge in [-0.3, -0.25) is 0 Å². The third kappa shape index (κ3) is 3.82. The fourth-order valence-corrected chi connectivity index (χ4v) is 2.34. The van der Waals surface area contributed by atoms with Gasteiger partial charge in [-0.15, -0.1) is 0 Å². The Morgan fingerprint density at radius 2 is 1.79 bits per heavy atom. The Morgan fingerprint density at radius 1 is 1.11 bits per heavy atom. The van der Waals surface area contributed by atoms with Crippen molar-refractivity contribution < 1.29 is 4.74 Å². The third-order valence-corrected chi connectivity index (χ3v) is 3.95. The first-order valence-corrected chi connectivity index (χ1v) is 7.10. The molecule has 2 aromatic carbocycles. The second-order valence-corrected chi connectivity index (χ2v) is 5.32. The normalized spacial score (nSPS) is 12.2. The highest BCUT2D eigenvalue weighted by atomic mass is 79.9. The highest BCUT2D eigenvalue weighted by molar-refractivity contribution is 9.10. The molecule has 2 rings (SSSR count). The van der Waals surface area contributed by atoms with Crippen molar-refractivity contribution in [3.05, 3.63) is 64.1 Å². The number of halogens is 1. The average Bonchev–Trinajstić information content (AvgIpc) is 2.46. The van der Waals surface area contributed by atoms with Crippen molar-refractivity contribution in [3.63, 3.8) is 0 Å². The predicted molar refractivity (Wildman–Crippen MR) is 82.4 cm³/mol. The summed E-state index contributed by atoms with van der Waals surface area (Å²) in [5, 5.41) is 3.52. The smallest absolute Gasteiger partial charge is 0.118 e. The van der Waals surface area contributed by atoms with Crippen molar-refractivity contribution in [1.82, 2.24) is 5.32 Å². The van der Waals surface area contributed by atoms with E-state index in [1.807, 2.05) is 18.2 Å². The van der Waals surface area contributed by atoms with Crippen molar-refractivity contribution in [2.24, 2.45) is 0 Å². The lowest BCUT2D eigenvalue weighted by molar-refractivity contribution is 0.414. The maximum atomic E-state index is 5.17. The van der Waals surface area contributed by atoms with Crippen LogP contribution in [0.1, 0.15) is 24.1 Å². The predicted octanol–water partition coefficient (Wildman–Crippen LogP) is 4.31. The third-order valence-electron chi connectivity index (χ3n) is 3.17. The molecule has 0 saturated carbocycles. The van der Waals surface area contributed by atoms with Crippen LogP contribution < -0.4 is 10.1 Å². The summed E-state index contributed by atoms with van der Waals surface area (Å²) in [4.78, 5) is 0. The van der Waals surface area contributed by atoms with Gasteiger partial charge in [0.1, 0.15) is 5.75 Å². The molecule has 0 spiro atoms. The average molecular weight is 320 g/mol. The van der Waals surface area contributed by atoms with E-state index in [9.17, 15) is 0 Å². The van der Waals surface area contributed by atoms with E-state index in [4.69, 9.17) is 4.74 Å². The number of rotatable bonds is 5. The van der Waals surface area contributed by atoms with Gasteiger partial charge in [0, 0.05) is 17.1 Å². The van der Waals surface area contributed by atoms with E-state index in [1.165, 1.54) is 11.1 Å². The quantitative estimate of drug-likeness (QED) is 0.886. The van der Waals surface area contributed by atoms with Gasteiger partial charge in [0.2, 0.25) is 0 Å². The van der Waals surface area contributed by atoms with Gasteiger partial charge in [-0.05, 0) is 36.2 Å². The molecule has 2 nitrogen and oxygen atoms in total. The molecule has 19 heavy (non-hydrogen) atoms. The van der Waals surface area contributed by atoms with Crippen molar-refractivity contribution in [2.75, 3.05) is 7.11 Å². The second-order valence-electron chi connectivity index (χ2n) is 4.47. The summed E-state index contributed by atoms with van der Waals surface area (Å²) in [6.45, 7) is 3.01. The summed E-state index contributed by atoms with van der Waals surface area (Å²) < 4.78 is 6.31. The number of nitrogens with one attached hydrogen (secondary N) is 1. The van der Waals surface area contributed by atoms with Crippen molar-refractivity contribution in [2.45, 2.75) is 19.5 Å². The number of methoxy groups -OCH3 is 1. The molecule has 1 atom stereocenters. The lowest BCUT2D eigenvalue weighted by Crippen LogP contribution is -2.18. The number of hydrogen-bond donors (Lipinski definition) is 1. The topological polar surface area (TPSA) is 21.3 Å². The SMILES string of the molecule is COc1ccc([C@H](C)NCc2ccccc2Br)cc1. The Labute approximate surface area is 122 Å². The molecular formula is C16H18BrNO. The van der Waals surface area contributed by atoms with Crippen LogP contribution in [0.5, 0.6) is 5.75 Å². The fraction of sp³-hybridized carbons (Fsp3) is 0.250. The van der Waals surface area contributed by atoms with Gasteiger partial charge in [0.25, 0.3) is 0 Å². The molecule has 0 radical (unpaired) electrons. The van der Waals surface area contributed by atoms with Crippen LogP contribution in [0.2, 0.25) is 0 Å². The standard InChI is InChI=1S/C16H18BrNO/c1-12(13-7-9-15(19-2)10-8-13)18-11-14-5-3-4-6-16(14)17/h3-10,12,18H,11H2,1-2H3/t12-/m0/s1. The Bertz CT molecular complexity index is 525. The first kappa shape index (κ1) is 14.1. The Hall–Kier alpha value is -1.32. The minimum absolute atomic E-state index is 0.304. The molecule has 0 bridgehead atoms. The maximum absolute atomic E-state index is 5.17. The van der Waals surface area contributed by atoms with Crippen LogP contribution in [-0.2, 0) is 6.54 Å². The molecule has 0 heterocycles. The van der Waals surface area contributed by atoms with Gasteiger partial charge in [-0.1, -0.05) is 46.3 Å². The minimum Gasteiger partial charge on any atom is -0.497 e. The van der Waals surface area contributed by atoms with Crippen molar-refractivity contribution in [1.29, 1.82) is 0 Å². The molecule has 100 valence electrons. The van der Waals surface area contributed by atoms with E-state index >= 15 is 0 Å². The lowest BCUT2D eigenvalue weighted by atomic mass is 10.1. The highest BCUT2D eigenvalue weighted by Gasteiger charge is 2.06. The van der Waals surface area contributed by atoms with Crippen molar-refractivity contribution in [3.8, 4) is 5.75 Å². The van der Waals surface area contributed by atoms with E-state index in [0.717, 1.165) is 16.8 Å². The van der Waals surface area contributed by atoms with Crippen LogP contribution in [-0.4, -0.2) is 7.11 Å². The van der Waals surface area contributed by atoms with Gasteiger partial charge in [-0.25, -0.2) is 0 Å². The molecule has 0 aromatic heterocycles. The second kappa shape index (κ2) is 6.73. The molecule has 0 saturated heterocycles.